The van der Waals surface area contributed by atoms with Gasteiger partial charge in [-0.15, -0.1) is 0 Å². The van der Waals surface area contributed by atoms with E-state index in [-0.39, 0.29) is 17.8 Å². The van der Waals surface area contributed by atoms with Gasteiger partial charge in [0, 0.05) is 6.61 Å². The summed E-state index contributed by atoms with van der Waals surface area (Å²) < 4.78 is 10.7. The summed E-state index contributed by atoms with van der Waals surface area (Å²) in [4.78, 5) is 3.96. The van der Waals surface area contributed by atoms with Gasteiger partial charge < -0.3 is 15.2 Å². The summed E-state index contributed by atoms with van der Waals surface area (Å²) in [5, 5.41) is 0.650. The van der Waals surface area contributed by atoms with E-state index in [1.54, 1.807) is 0 Å². The second kappa shape index (κ2) is 6.13. The van der Waals surface area contributed by atoms with Gasteiger partial charge in [-0.25, -0.2) is 0 Å². The van der Waals surface area contributed by atoms with Gasteiger partial charge in [-0.1, -0.05) is 23.2 Å². The molecule has 2 N–H and O–H groups in total. The monoisotopic (exact) mass is 264 g/mol. The van der Waals surface area contributed by atoms with Gasteiger partial charge in [0.1, 0.15) is 16.9 Å². The molecule has 0 bridgehead atoms. The lowest BCUT2D eigenvalue weighted by Gasteiger charge is -2.15. The van der Waals surface area contributed by atoms with E-state index in [1.165, 1.54) is 6.07 Å². The summed E-state index contributed by atoms with van der Waals surface area (Å²) in [5.41, 5.74) is 5.55. The maximum Gasteiger partial charge on any atom is 0.235 e. The van der Waals surface area contributed by atoms with Gasteiger partial charge in [-0.2, -0.15) is 4.98 Å². The van der Waals surface area contributed by atoms with Gasteiger partial charge in [0.2, 0.25) is 5.88 Å². The van der Waals surface area contributed by atoms with Gasteiger partial charge in [0.05, 0.1) is 11.6 Å². The van der Waals surface area contributed by atoms with Crippen LogP contribution >= 0.6 is 23.2 Å². The Balaban J connectivity index is 2.69. The second-order valence-electron chi connectivity index (χ2n) is 3.23. The average Bonchev–Trinajstić information content (AvgIpc) is 2.23. The zero-order valence-corrected chi connectivity index (χ0v) is 10.7. The minimum atomic E-state index is -0.148. The Morgan fingerprint density at radius 2 is 2.12 bits per heavy atom. The molecule has 1 aromatic rings. The predicted octanol–water partition coefficient (Wildman–Crippen LogP) is 2.77. The van der Waals surface area contributed by atoms with E-state index in [9.17, 15) is 0 Å². The maximum atomic E-state index is 5.91. The molecule has 0 aliphatic rings. The van der Waals surface area contributed by atoms with Crippen molar-refractivity contribution in [1.29, 1.82) is 0 Å². The molecule has 0 amide bonds. The Labute approximate surface area is 105 Å². The molecule has 0 aliphatic carbocycles. The van der Waals surface area contributed by atoms with Crippen LogP contribution in [0.25, 0.3) is 0 Å². The zero-order valence-electron chi connectivity index (χ0n) is 9.17. The van der Waals surface area contributed by atoms with E-state index in [0.717, 1.165) is 0 Å². The summed E-state index contributed by atoms with van der Waals surface area (Å²) in [7, 11) is 0. The molecule has 0 aromatic carbocycles. The molecule has 0 saturated heterocycles. The minimum absolute atomic E-state index is 0.148. The summed E-state index contributed by atoms with van der Waals surface area (Å²) in [6.07, 6.45) is -0.148. The zero-order chi connectivity index (χ0) is 12.1. The number of nitrogens with two attached hydrogens (primary N) is 1. The molecule has 1 aromatic heterocycles. The normalized spacial score (nSPS) is 12.5. The van der Waals surface area contributed by atoms with Gasteiger partial charge in [-0.05, 0) is 19.9 Å². The fourth-order valence-corrected chi connectivity index (χ4v) is 1.46. The number of hydrogen-bond donors (Lipinski definition) is 1. The highest BCUT2D eigenvalue weighted by molar-refractivity contribution is 6.36. The summed E-state index contributed by atoms with van der Waals surface area (Å²) in [6, 6.07) is 1.51. The number of rotatable bonds is 5. The molecule has 0 fully saturated rings. The molecule has 16 heavy (non-hydrogen) atoms. The van der Waals surface area contributed by atoms with Crippen molar-refractivity contribution >= 4 is 29.0 Å². The van der Waals surface area contributed by atoms with Crippen molar-refractivity contribution in [1.82, 2.24) is 4.98 Å². The van der Waals surface area contributed by atoms with E-state index in [0.29, 0.717) is 23.3 Å². The van der Waals surface area contributed by atoms with Crippen molar-refractivity contribution in [2.45, 2.75) is 20.0 Å². The average molecular weight is 265 g/mol. The van der Waals surface area contributed by atoms with Crippen LogP contribution in [0, 0.1) is 0 Å². The van der Waals surface area contributed by atoms with Crippen LogP contribution in [0.3, 0.4) is 0 Å². The van der Waals surface area contributed by atoms with Crippen LogP contribution in [0.15, 0.2) is 6.07 Å². The number of hydrogen-bond acceptors (Lipinski definition) is 4. The Bertz CT molecular complexity index is 361. The van der Waals surface area contributed by atoms with Crippen molar-refractivity contribution in [3.63, 3.8) is 0 Å². The molecule has 0 spiro atoms. The molecule has 0 radical (unpaired) electrons. The maximum absolute atomic E-state index is 5.91. The third kappa shape index (κ3) is 3.70. The van der Waals surface area contributed by atoms with Crippen LogP contribution in [0.1, 0.15) is 13.8 Å². The Hall–Kier alpha value is -0.710. The van der Waals surface area contributed by atoms with Gasteiger partial charge in [-0.3, -0.25) is 0 Å². The first-order valence-electron chi connectivity index (χ1n) is 4.90. The first kappa shape index (κ1) is 13.4. The van der Waals surface area contributed by atoms with Crippen LogP contribution in [0.5, 0.6) is 5.88 Å². The van der Waals surface area contributed by atoms with Gasteiger partial charge in [0.25, 0.3) is 0 Å². The predicted molar refractivity (Wildman–Crippen MR) is 65.3 cm³/mol. The highest BCUT2D eigenvalue weighted by Crippen LogP contribution is 2.29. The smallest absolute Gasteiger partial charge is 0.235 e. The van der Waals surface area contributed by atoms with Crippen molar-refractivity contribution < 1.29 is 9.47 Å². The van der Waals surface area contributed by atoms with E-state index in [4.69, 9.17) is 38.4 Å². The molecule has 6 heteroatoms. The van der Waals surface area contributed by atoms with E-state index in [2.05, 4.69) is 4.98 Å². The molecular weight excluding hydrogens is 251 g/mol. The van der Waals surface area contributed by atoms with Crippen LogP contribution in [0.2, 0.25) is 10.0 Å². The standard InChI is InChI=1S/C10H14Cl2N2O2/c1-3-15-5-6(2)16-10-8(12)4-7(11)9(13)14-10/h4,6H,3,5H2,1-2H3,(H2,13,14). The largest absolute Gasteiger partial charge is 0.471 e. The van der Waals surface area contributed by atoms with Crippen LogP contribution < -0.4 is 10.5 Å². The molecule has 0 aliphatic heterocycles. The molecule has 1 unspecified atom stereocenters. The molecule has 90 valence electrons. The Kier molecular flexibility index (Phi) is 5.12. The third-order valence-corrected chi connectivity index (χ3v) is 2.37. The fraction of sp³-hybridized carbons (Fsp3) is 0.500. The number of halogens is 2. The number of nitrogens with zero attached hydrogens (tertiary/aromatic N) is 1. The second-order valence-corrected chi connectivity index (χ2v) is 4.04. The molecular formula is C10H14Cl2N2O2. The van der Waals surface area contributed by atoms with Gasteiger partial charge in [0.15, 0.2) is 0 Å². The first-order chi connectivity index (χ1) is 7.54. The van der Waals surface area contributed by atoms with Crippen molar-refractivity contribution in [3.8, 4) is 5.88 Å². The topological polar surface area (TPSA) is 57.4 Å². The fourth-order valence-electron chi connectivity index (χ4n) is 1.05. The lowest BCUT2D eigenvalue weighted by molar-refractivity contribution is 0.0635. The quantitative estimate of drug-likeness (QED) is 0.889. The molecule has 1 rings (SSSR count). The Morgan fingerprint density at radius 3 is 2.75 bits per heavy atom. The number of ether oxygens (including phenoxy) is 2. The lowest BCUT2D eigenvalue weighted by atomic mass is 10.4. The molecule has 1 atom stereocenters. The van der Waals surface area contributed by atoms with Crippen LogP contribution in [0.4, 0.5) is 5.82 Å². The molecule has 1 heterocycles. The first-order valence-corrected chi connectivity index (χ1v) is 5.66. The van der Waals surface area contributed by atoms with Crippen LogP contribution in [-0.2, 0) is 4.74 Å². The van der Waals surface area contributed by atoms with Crippen molar-refractivity contribution in [2.24, 2.45) is 0 Å². The minimum Gasteiger partial charge on any atom is -0.471 e. The van der Waals surface area contributed by atoms with Crippen LogP contribution in [-0.4, -0.2) is 24.3 Å². The molecule has 4 nitrogen and oxygen atoms in total. The van der Waals surface area contributed by atoms with E-state index >= 15 is 0 Å². The molecule has 0 saturated carbocycles. The summed E-state index contributed by atoms with van der Waals surface area (Å²) in [5.74, 6) is 0.473. The SMILES string of the molecule is CCOCC(C)Oc1nc(N)c(Cl)cc1Cl. The highest BCUT2D eigenvalue weighted by atomic mass is 35.5. The number of pyridine rings is 1. The van der Waals surface area contributed by atoms with Crippen molar-refractivity contribution in [2.75, 3.05) is 18.9 Å². The Morgan fingerprint density at radius 1 is 1.44 bits per heavy atom. The number of anilines is 1. The van der Waals surface area contributed by atoms with Crippen molar-refractivity contribution in [3.05, 3.63) is 16.1 Å². The van der Waals surface area contributed by atoms with E-state index in [1.807, 2.05) is 13.8 Å². The summed E-state index contributed by atoms with van der Waals surface area (Å²) in [6.45, 7) is 4.88. The number of aromatic nitrogens is 1. The summed E-state index contributed by atoms with van der Waals surface area (Å²) >= 11 is 11.7. The lowest BCUT2D eigenvalue weighted by Crippen LogP contribution is -2.20. The van der Waals surface area contributed by atoms with Gasteiger partial charge >= 0.3 is 0 Å². The number of nitrogen functional groups attached to an aromatic ring is 1. The van der Waals surface area contributed by atoms with E-state index < -0.39 is 0 Å². The highest BCUT2D eigenvalue weighted by Gasteiger charge is 2.11. The third-order valence-electron chi connectivity index (χ3n) is 1.79.